The highest BCUT2D eigenvalue weighted by atomic mass is 16.5. The number of amides is 1. The second-order valence-electron chi connectivity index (χ2n) is 10.4. The number of hydrogen-bond acceptors (Lipinski definition) is 6. The minimum atomic E-state index is -0.989. The number of carbonyl (C=O) groups is 2. The Morgan fingerprint density at radius 2 is 1.79 bits per heavy atom. The molecule has 2 N–H and O–H groups in total. The first-order valence-corrected chi connectivity index (χ1v) is 13.1. The lowest BCUT2D eigenvalue weighted by Crippen LogP contribution is -2.58. The van der Waals surface area contributed by atoms with Gasteiger partial charge in [-0.3, -0.25) is 9.59 Å². The van der Waals surface area contributed by atoms with Crippen LogP contribution in [0.15, 0.2) is 54.6 Å². The van der Waals surface area contributed by atoms with E-state index in [4.69, 9.17) is 19.3 Å². The third-order valence-electron chi connectivity index (χ3n) is 7.23. The number of nitrogens with zero attached hydrogens (tertiary/aromatic N) is 1. The molecule has 2 atom stereocenters. The van der Waals surface area contributed by atoms with E-state index in [1.165, 1.54) is 6.92 Å². The summed E-state index contributed by atoms with van der Waals surface area (Å²) in [7, 11) is 0. The van der Waals surface area contributed by atoms with Gasteiger partial charge in [-0.2, -0.15) is 0 Å². The maximum Gasteiger partial charge on any atom is 0.304 e. The molecular formula is C31H33NO7. The average Bonchev–Trinajstić information content (AvgIpc) is 3.25. The van der Waals surface area contributed by atoms with Crippen LogP contribution in [0, 0.1) is 13.8 Å². The summed E-state index contributed by atoms with van der Waals surface area (Å²) >= 11 is 0. The Labute approximate surface area is 227 Å². The molecule has 204 valence electrons. The van der Waals surface area contributed by atoms with Gasteiger partial charge in [-0.25, -0.2) is 0 Å². The Morgan fingerprint density at radius 3 is 2.49 bits per heavy atom. The molecule has 1 unspecified atom stereocenters. The van der Waals surface area contributed by atoms with E-state index in [-0.39, 0.29) is 24.3 Å². The minimum Gasteiger partial charge on any atom is -0.492 e. The number of aliphatic carboxylic acids is 1. The Hall–Kier alpha value is -4.04. The van der Waals surface area contributed by atoms with Crippen LogP contribution in [0.3, 0.4) is 0 Å². The zero-order chi connectivity index (χ0) is 27.7. The lowest BCUT2D eigenvalue weighted by Gasteiger charge is -2.39. The third kappa shape index (κ3) is 5.86. The van der Waals surface area contributed by atoms with Crippen molar-refractivity contribution in [3.05, 3.63) is 76.9 Å². The van der Waals surface area contributed by atoms with E-state index < -0.39 is 12.1 Å². The SMILES string of the molecule is Cc1cc(OC2CN(C(=O)C(C)O)C2)cc(C)c1-c1cccc(COc2ccc3c(c2)OC[C@H]3CC(=O)O)c1. The van der Waals surface area contributed by atoms with Gasteiger partial charge < -0.3 is 29.3 Å². The number of likely N-dealkylation sites (tertiary alicyclic amines) is 1. The maximum absolute atomic E-state index is 11.9. The number of carboxylic acids is 1. The summed E-state index contributed by atoms with van der Waals surface area (Å²) in [6.45, 7) is 7.31. The van der Waals surface area contributed by atoms with Gasteiger partial charge in [-0.1, -0.05) is 24.3 Å². The van der Waals surface area contributed by atoms with Gasteiger partial charge in [-0.05, 0) is 72.9 Å². The van der Waals surface area contributed by atoms with E-state index in [1.807, 2.05) is 42.5 Å². The van der Waals surface area contributed by atoms with Gasteiger partial charge in [0.25, 0.3) is 5.91 Å². The quantitative estimate of drug-likeness (QED) is 0.420. The molecule has 1 saturated heterocycles. The van der Waals surface area contributed by atoms with Gasteiger partial charge in [-0.15, -0.1) is 0 Å². The number of rotatable bonds is 9. The fourth-order valence-electron chi connectivity index (χ4n) is 5.31. The van der Waals surface area contributed by atoms with E-state index >= 15 is 0 Å². The summed E-state index contributed by atoms with van der Waals surface area (Å²) in [5, 5.41) is 18.6. The van der Waals surface area contributed by atoms with Crippen LogP contribution >= 0.6 is 0 Å². The second kappa shape index (κ2) is 11.0. The molecule has 3 aromatic carbocycles. The lowest BCUT2D eigenvalue weighted by atomic mass is 9.94. The van der Waals surface area contributed by atoms with Gasteiger partial charge in [0, 0.05) is 17.5 Å². The van der Waals surface area contributed by atoms with Crippen LogP contribution in [-0.4, -0.2) is 58.9 Å². The first kappa shape index (κ1) is 26.6. The average molecular weight is 532 g/mol. The zero-order valence-corrected chi connectivity index (χ0v) is 22.3. The van der Waals surface area contributed by atoms with Crippen LogP contribution in [0.4, 0.5) is 0 Å². The number of fused-ring (bicyclic) bond motifs is 1. The van der Waals surface area contributed by atoms with Gasteiger partial charge in [0.2, 0.25) is 0 Å². The normalized spacial score (nSPS) is 17.1. The molecule has 2 aliphatic heterocycles. The minimum absolute atomic E-state index is 0.0517. The van der Waals surface area contributed by atoms with Crippen LogP contribution in [0.2, 0.25) is 0 Å². The molecule has 2 heterocycles. The lowest BCUT2D eigenvalue weighted by molar-refractivity contribution is -0.148. The number of hydrogen-bond donors (Lipinski definition) is 2. The number of ether oxygens (including phenoxy) is 3. The van der Waals surface area contributed by atoms with Crippen molar-refractivity contribution >= 4 is 11.9 Å². The van der Waals surface area contributed by atoms with Crippen LogP contribution in [-0.2, 0) is 16.2 Å². The van der Waals surface area contributed by atoms with E-state index in [0.717, 1.165) is 39.1 Å². The van der Waals surface area contributed by atoms with E-state index in [1.54, 1.807) is 4.90 Å². The molecule has 0 spiro atoms. The van der Waals surface area contributed by atoms with Gasteiger partial charge >= 0.3 is 5.97 Å². The van der Waals surface area contributed by atoms with Crippen LogP contribution in [0.1, 0.15) is 41.5 Å². The summed E-state index contributed by atoms with van der Waals surface area (Å²) < 4.78 is 17.8. The number of aryl methyl sites for hydroxylation is 2. The van der Waals surface area contributed by atoms with Crippen molar-refractivity contribution in [1.29, 1.82) is 0 Å². The third-order valence-corrected chi connectivity index (χ3v) is 7.23. The number of aliphatic hydroxyl groups excluding tert-OH is 1. The number of carbonyl (C=O) groups excluding carboxylic acids is 1. The molecule has 8 nitrogen and oxygen atoms in total. The summed E-state index contributed by atoms with van der Waals surface area (Å²) in [5.74, 6) is 0.899. The molecule has 39 heavy (non-hydrogen) atoms. The van der Waals surface area contributed by atoms with Crippen molar-refractivity contribution < 1.29 is 34.0 Å². The molecule has 8 heteroatoms. The molecular weight excluding hydrogens is 498 g/mol. The molecule has 1 fully saturated rings. The maximum atomic E-state index is 11.9. The monoisotopic (exact) mass is 531 g/mol. The first-order valence-electron chi connectivity index (χ1n) is 13.1. The summed E-state index contributed by atoms with van der Waals surface area (Å²) in [6, 6.07) is 17.9. The predicted molar refractivity (Wildman–Crippen MR) is 145 cm³/mol. The predicted octanol–water partition coefficient (Wildman–Crippen LogP) is 4.47. The van der Waals surface area contributed by atoms with Gasteiger partial charge in [0.1, 0.15) is 36.1 Å². The standard InChI is InChI=1S/C31H33NO7/c1-18-9-25(39-26-14-32(15-26)31(36)20(3)33)10-19(2)30(18)22-6-4-5-21(11-22)16-37-24-7-8-27-23(12-29(34)35)17-38-28(27)13-24/h4-11,13,20,23,26,33H,12,14-17H2,1-3H3,(H,34,35)/t20?,23-/m1/s1. The van der Waals surface area contributed by atoms with E-state index in [9.17, 15) is 14.7 Å². The number of benzene rings is 3. The molecule has 3 aromatic rings. The second-order valence-corrected chi connectivity index (χ2v) is 10.4. The fraction of sp³-hybridized carbons (Fsp3) is 0.355. The van der Waals surface area contributed by atoms with Crippen molar-refractivity contribution in [2.75, 3.05) is 19.7 Å². The molecule has 2 aliphatic rings. The summed E-state index contributed by atoms with van der Waals surface area (Å²) in [4.78, 5) is 24.5. The van der Waals surface area contributed by atoms with Gasteiger partial charge in [0.15, 0.2) is 0 Å². The Morgan fingerprint density at radius 1 is 1.05 bits per heavy atom. The van der Waals surface area contributed by atoms with Gasteiger partial charge in [0.05, 0.1) is 26.1 Å². The topological polar surface area (TPSA) is 106 Å². The smallest absolute Gasteiger partial charge is 0.304 e. The van der Waals surface area contributed by atoms with E-state index in [0.29, 0.717) is 37.8 Å². The Kier molecular flexibility index (Phi) is 7.48. The van der Waals surface area contributed by atoms with Crippen molar-refractivity contribution in [2.24, 2.45) is 0 Å². The molecule has 1 amide bonds. The number of carboxylic acid groups (broad SMARTS) is 1. The highest BCUT2D eigenvalue weighted by Crippen LogP contribution is 2.38. The van der Waals surface area contributed by atoms with Crippen molar-refractivity contribution in [2.45, 2.75) is 51.9 Å². The summed E-state index contributed by atoms with van der Waals surface area (Å²) in [6.07, 6.45) is -1.02. The summed E-state index contributed by atoms with van der Waals surface area (Å²) in [5.41, 5.74) is 6.34. The largest absolute Gasteiger partial charge is 0.492 e. The zero-order valence-electron chi connectivity index (χ0n) is 22.3. The molecule has 5 rings (SSSR count). The van der Waals surface area contributed by atoms with Crippen molar-refractivity contribution in [3.63, 3.8) is 0 Å². The van der Waals surface area contributed by atoms with Crippen LogP contribution < -0.4 is 14.2 Å². The Bertz CT molecular complexity index is 1370. The highest BCUT2D eigenvalue weighted by Gasteiger charge is 2.34. The first-order chi connectivity index (χ1) is 18.7. The highest BCUT2D eigenvalue weighted by molar-refractivity contribution is 5.81. The fourth-order valence-corrected chi connectivity index (χ4v) is 5.31. The van der Waals surface area contributed by atoms with Crippen LogP contribution in [0.25, 0.3) is 11.1 Å². The Balaban J connectivity index is 1.23. The molecule has 0 bridgehead atoms. The molecule has 0 aliphatic carbocycles. The molecule has 0 aromatic heterocycles. The van der Waals surface area contributed by atoms with E-state index in [2.05, 4.69) is 26.0 Å². The molecule has 0 saturated carbocycles. The van der Waals surface area contributed by atoms with Crippen LogP contribution in [0.5, 0.6) is 17.2 Å². The van der Waals surface area contributed by atoms with Crippen molar-refractivity contribution in [3.8, 4) is 28.4 Å². The number of aliphatic hydroxyl groups is 1. The molecule has 0 radical (unpaired) electrons. The van der Waals surface area contributed by atoms with Crippen molar-refractivity contribution in [1.82, 2.24) is 4.90 Å².